The van der Waals surface area contributed by atoms with Crippen LogP contribution in [0.5, 0.6) is 0 Å². The Hall–Kier alpha value is -1.92. The number of aromatic nitrogens is 3. The van der Waals surface area contributed by atoms with Crippen molar-refractivity contribution >= 4 is 18.3 Å². The summed E-state index contributed by atoms with van der Waals surface area (Å²) in [6, 6.07) is 7.41. The Bertz CT molecular complexity index is 683. The molecule has 0 spiro atoms. The number of nitrogens with one attached hydrogen (secondary N) is 1. The van der Waals surface area contributed by atoms with Gasteiger partial charge in [-0.2, -0.15) is 0 Å². The highest BCUT2D eigenvalue weighted by atomic mass is 35.5. The van der Waals surface area contributed by atoms with Gasteiger partial charge >= 0.3 is 0 Å². The molecule has 0 saturated heterocycles. The summed E-state index contributed by atoms with van der Waals surface area (Å²) in [7, 11) is 0. The van der Waals surface area contributed by atoms with Crippen LogP contribution in [0.1, 0.15) is 53.3 Å². The summed E-state index contributed by atoms with van der Waals surface area (Å²) in [5.41, 5.74) is 7.26. The van der Waals surface area contributed by atoms with E-state index in [-0.39, 0.29) is 18.3 Å². The number of hydrogen-bond donors (Lipinski definition) is 2. The van der Waals surface area contributed by atoms with Crippen LogP contribution in [0.2, 0.25) is 0 Å². The van der Waals surface area contributed by atoms with Crippen LogP contribution in [-0.4, -0.2) is 27.2 Å². The standard InChI is InChI=1S/C18H25N5O.ClH/c19-13-14-7-9-15(10-8-14)18(24)20-11-4-6-17-22-21-16-5-2-1-3-12-23(16)17;/h7-10H,1-6,11-13,19H2,(H,20,24);1H. The molecule has 0 saturated carbocycles. The minimum Gasteiger partial charge on any atom is -0.352 e. The van der Waals surface area contributed by atoms with Gasteiger partial charge in [-0.3, -0.25) is 4.79 Å². The maximum atomic E-state index is 12.1. The summed E-state index contributed by atoms with van der Waals surface area (Å²) in [5.74, 6) is 2.12. The largest absolute Gasteiger partial charge is 0.352 e. The molecule has 2 heterocycles. The quantitative estimate of drug-likeness (QED) is 0.771. The van der Waals surface area contributed by atoms with E-state index in [1.165, 1.54) is 19.3 Å². The molecule has 0 bridgehead atoms. The molecule has 6 nitrogen and oxygen atoms in total. The number of carbonyl (C=O) groups is 1. The first-order chi connectivity index (χ1) is 11.8. The lowest BCUT2D eigenvalue weighted by molar-refractivity contribution is 0.0953. The van der Waals surface area contributed by atoms with Crippen LogP contribution >= 0.6 is 12.4 Å². The molecule has 0 fully saturated rings. The average Bonchev–Trinajstić information content (AvgIpc) is 2.85. The van der Waals surface area contributed by atoms with Crippen molar-refractivity contribution in [2.24, 2.45) is 5.73 Å². The smallest absolute Gasteiger partial charge is 0.251 e. The molecule has 1 aliphatic rings. The van der Waals surface area contributed by atoms with Gasteiger partial charge in [0.1, 0.15) is 11.6 Å². The van der Waals surface area contributed by atoms with E-state index in [1.54, 1.807) is 0 Å². The van der Waals surface area contributed by atoms with Crippen LogP contribution in [-0.2, 0) is 25.9 Å². The van der Waals surface area contributed by atoms with E-state index in [4.69, 9.17) is 5.73 Å². The van der Waals surface area contributed by atoms with E-state index in [9.17, 15) is 4.79 Å². The summed E-state index contributed by atoms with van der Waals surface area (Å²) in [5, 5.41) is 11.6. The molecule has 2 aromatic rings. The second-order valence-electron chi connectivity index (χ2n) is 6.26. The van der Waals surface area contributed by atoms with Crippen LogP contribution < -0.4 is 11.1 Å². The summed E-state index contributed by atoms with van der Waals surface area (Å²) in [6.45, 7) is 2.15. The summed E-state index contributed by atoms with van der Waals surface area (Å²) in [6.07, 6.45) is 6.42. The van der Waals surface area contributed by atoms with Crippen molar-refractivity contribution in [3.05, 3.63) is 47.0 Å². The maximum absolute atomic E-state index is 12.1. The lowest BCUT2D eigenvalue weighted by Gasteiger charge is -2.08. The first-order valence-electron chi connectivity index (χ1n) is 8.76. The monoisotopic (exact) mass is 363 g/mol. The number of halogens is 1. The number of aryl methyl sites for hydroxylation is 2. The highest BCUT2D eigenvalue weighted by Gasteiger charge is 2.14. The van der Waals surface area contributed by atoms with Crippen molar-refractivity contribution in [2.75, 3.05) is 6.54 Å². The van der Waals surface area contributed by atoms with Crippen molar-refractivity contribution in [2.45, 2.75) is 51.6 Å². The van der Waals surface area contributed by atoms with E-state index in [0.29, 0.717) is 18.7 Å². The minimum absolute atomic E-state index is 0. The van der Waals surface area contributed by atoms with Gasteiger partial charge in [0.25, 0.3) is 5.91 Å². The van der Waals surface area contributed by atoms with Gasteiger partial charge in [0, 0.05) is 38.0 Å². The second kappa shape index (κ2) is 9.53. The molecule has 1 amide bonds. The van der Waals surface area contributed by atoms with Gasteiger partial charge in [-0.05, 0) is 37.0 Å². The zero-order valence-corrected chi connectivity index (χ0v) is 15.2. The molecule has 0 aliphatic carbocycles. The Morgan fingerprint density at radius 1 is 1.16 bits per heavy atom. The molecule has 7 heteroatoms. The second-order valence-corrected chi connectivity index (χ2v) is 6.26. The molecule has 136 valence electrons. The molecule has 0 atom stereocenters. The Morgan fingerprint density at radius 2 is 1.96 bits per heavy atom. The maximum Gasteiger partial charge on any atom is 0.251 e. The number of rotatable bonds is 6. The highest BCUT2D eigenvalue weighted by molar-refractivity contribution is 5.94. The fourth-order valence-corrected chi connectivity index (χ4v) is 3.07. The third-order valence-electron chi connectivity index (χ3n) is 4.50. The van der Waals surface area contributed by atoms with Gasteiger partial charge in [0.05, 0.1) is 0 Å². The zero-order valence-electron chi connectivity index (χ0n) is 14.4. The number of nitrogens with zero attached hydrogens (tertiary/aromatic N) is 3. The van der Waals surface area contributed by atoms with Gasteiger partial charge in [0.15, 0.2) is 0 Å². The first kappa shape index (κ1) is 19.4. The number of carbonyl (C=O) groups excluding carboxylic acids is 1. The van der Waals surface area contributed by atoms with Crippen LogP contribution in [0.15, 0.2) is 24.3 Å². The summed E-state index contributed by atoms with van der Waals surface area (Å²) >= 11 is 0. The van der Waals surface area contributed by atoms with Crippen molar-refractivity contribution in [3.63, 3.8) is 0 Å². The van der Waals surface area contributed by atoms with Crippen molar-refractivity contribution in [1.82, 2.24) is 20.1 Å². The Labute approximate surface area is 154 Å². The molecule has 25 heavy (non-hydrogen) atoms. The van der Waals surface area contributed by atoms with Gasteiger partial charge in [-0.25, -0.2) is 0 Å². The normalized spacial score (nSPS) is 13.5. The molecule has 3 N–H and O–H groups in total. The number of fused-ring (bicyclic) bond motifs is 1. The predicted molar refractivity (Wildman–Crippen MR) is 99.8 cm³/mol. The Kier molecular flexibility index (Phi) is 7.40. The lowest BCUT2D eigenvalue weighted by atomic mass is 10.1. The number of amides is 1. The van der Waals surface area contributed by atoms with E-state index in [2.05, 4.69) is 20.1 Å². The van der Waals surface area contributed by atoms with Crippen LogP contribution in [0, 0.1) is 0 Å². The molecular weight excluding hydrogens is 338 g/mol. The average molecular weight is 364 g/mol. The third-order valence-corrected chi connectivity index (χ3v) is 4.50. The molecule has 1 aliphatic heterocycles. The molecule has 0 unspecified atom stereocenters. The SMILES string of the molecule is Cl.NCc1ccc(C(=O)NCCCc2nnc3n2CCCCC3)cc1. The third kappa shape index (κ3) is 5.03. The van der Waals surface area contributed by atoms with E-state index in [0.717, 1.165) is 43.0 Å². The van der Waals surface area contributed by atoms with Gasteiger partial charge < -0.3 is 15.6 Å². The minimum atomic E-state index is -0.0429. The van der Waals surface area contributed by atoms with Crippen LogP contribution in [0.3, 0.4) is 0 Å². The molecule has 3 rings (SSSR count). The Morgan fingerprint density at radius 3 is 2.72 bits per heavy atom. The molecule has 0 radical (unpaired) electrons. The van der Waals surface area contributed by atoms with Crippen LogP contribution in [0.4, 0.5) is 0 Å². The van der Waals surface area contributed by atoms with Crippen LogP contribution in [0.25, 0.3) is 0 Å². The van der Waals surface area contributed by atoms with Crippen molar-refractivity contribution in [1.29, 1.82) is 0 Å². The van der Waals surface area contributed by atoms with Crippen molar-refractivity contribution in [3.8, 4) is 0 Å². The van der Waals surface area contributed by atoms with Crippen molar-refractivity contribution < 1.29 is 4.79 Å². The Balaban J connectivity index is 0.00000225. The number of hydrogen-bond acceptors (Lipinski definition) is 4. The molecule has 1 aromatic heterocycles. The van der Waals surface area contributed by atoms with Gasteiger partial charge in [0.2, 0.25) is 0 Å². The van der Waals surface area contributed by atoms with Gasteiger partial charge in [-0.1, -0.05) is 18.6 Å². The lowest BCUT2D eigenvalue weighted by Crippen LogP contribution is -2.25. The molecule has 1 aromatic carbocycles. The van der Waals surface area contributed by atoms with E-state index in [1.807, 2.05) is 24.3 Å². The fourth-order valence-electron chi connectivity index (χ4n) is 3.07. The van der Waals surface area contributed by atoms with E-state index >= 15 is 0 Å². The summed E-state index contributed by atoms with van der Waals surface area (Å²) < 4.78 is 2.26. The number of nitrogens with two attached hydrogens (primary N) is 1. The van der Waals surface area contributed by atoms with E-state index < -0.39 is 0 Å². The fraction of sp³-hybridized carbons (Fsp3) is 0.500. The van der Waals surface area contributed by atoms with Gasteiger partial charge in [-0.15, -0.1) is 22.6 Å². The highest BCUT2D eigenvalue weighted by Crippen LogP contribution is 2.15. The molecular formula is C18H26ClN5O. The topological polar surface area (TPSA) is 85.8 Å². The first-order valence-corrected chi connectivity index (χ1v) is 8.76. The predicted octanol–water partition coefficient (Wildman–Crippen LogP) is 2.25. The zero-order chi connectivity index (χ0) is 16.8. The number of benzene rings is 1. The summed E-state index contributed by atoms with van der Waals surface area (Å²) in [4.78, 5) is 12.1.